The van der Waals surface area contributed by atoms with Crippen molar-refractivity contribution in [3.63, 3.8) is 0 Å². The second-order valence-corrected chi connectivity index (χ2v) is 7.58. The Bertz CT molecular complexity index is 528. The Balaban J connectivity index is 1.69. The zero-order valence-corrected chi connectivity index (χ0v) is 15.3. The Labute approximate surface area is 148 Å². The number of likely N-dealkylation sites (tertiary alicyclic amines) is 1. The monoisotopic (exact) mass is 352 g/mol. The summed E-state index contributed by atoms with van der Waals surface area (Å²) in [5, 5.41) is 2.83. The van der Waals surface area contributed by atoms with Gasteiger partial charge in [-0.1, -0.05) is 36.1 Å². The van der Waals surface area contributed by atoms with E-state index < -0.39 is 0 Å². The molecule has 1 aliphatic rings. The van der Waals surface area contributed by atoms with Gasteiger partial charge < -0.3 is 15.0 Å². The molecular formula is C17H24N2O2S2. The fourth-order valence-electron chi connectivity index (χ4n) is 2.44. The first-order chi connectivity index (χ1) is 11.1. The van der Waals surface area contributed by atoms with Crippen LogP contribution < -0.4 is 10.1 Å². The number of hydrogen-bond donors (Lipinski definition) is 1. The van der Waals surface area contributed by atoms with Gasteiger partial charge in [0.15, 0.2) is 0 Å². The summed E-state index contributed by atoms with van der Waals surface area (Å²) >= 11 is 6.90. The summed E-state index contributed by atoms with van der Waals surface area (Å²) in [7, 11) is 1.65. The number of rotatable bonds is 6. The largest absolute Gasteiger partial charge is 0.497 e. The molecule has 1 amide bonds. The zero-order valence-electron chi connectivity index (χ0n) is 13.7. The highest BCUT2D eigenvalue weighted by molar-refractivity contribution is 8.23. The SMILES string of the molecule is COc1ccc(CCNC(=O)C(C)SC(=S)N2CCCC2)cc1. The number of carbonyl (C=O) groups excluding carboxylic acids is 1. The minimum Gasteiger partial charge on any atom is -0.497 e. The Morgan fingerprint density at radius 1 is 1.35 bits per heavy atom. The van der Waals surface area contributed by atoms with Crippen LogP contribution in [0.2, 0.25) is 0 Å². The molecule has 23 heavy (non-hydrogen) atoms. The first kappa shape index (κ1) is 18.1. The normalized spacial score (nSPS) is 15.3. The Morgan fingerprint density at radius 2 is 2.00 bits per heavy atom. The van der Waals surface area contributed by atoms with Crippen molar-refractivity contribution in [2.24, 2.45) is 0 Å². The van der Waals surface area contributed by atoms with Gasteiger partial charge in [-0.15, -0.1) is 0 Å². The topological polar surface area (TPSA) is 41.6 Å². The number of benzene rings is 1. The number of amides is 1. The second kappa shape index (κ2) is 9.13. The van der Waals surface area contributed by atoms with Crippen molar-refractivity contribution in [1.82, 2.24) is 10.2 Å². The van der Waals surface area contributed by atoms with Gasteiger partial charge in [-0.05, 0) is 43.9 Å². The number of nitrogens with one attached hydrogen (secondary N) is 1. The number of thiocarbonyl (C=S) groups is 1. The number of methoxy groups -OCH3 is 1. The number of thioether (sulfide) groups is 1. The maximum Gasteiger partial charge on any atom is 0.233 e. The van der Waals surface area contributed by atoms with Crippen molar-refractivity contribution in [3.05, 3.63) is 29.8 Å². The van der Waals surface area contributed by atoms with Crippen LogP contribution in [0.3, 0.4) is 0 Å². The van der Waals surface area contributed by atoms with Crippen LogP contribution in [-0.4, -0.2) is 47.1 Å². The van der Waals surface area contributed by atoms with Crippen LogP contribution >= 0.6 is 24.0 Å². The van der Waals surface area contributed by atoms with Gasteiger partial charge in [-0.25, -0.2) is 0 Å². The zero-order chi connectivity index (χ0) is 16.7. The fourth-order valence-corrected chi connectivity index (χ4v) is 3.89. The van der Waals surface area contributed by atoms with E-state index in [0.717, 1.165) is 29.6 Å². The quantitative estimate of drug-likeness (QED) is 0.798. The smallest absolute Gasteiger partial charge is 0.233 e. The summed E-state index contributed by atoms with van der Waals surface area (Å²) in [4.78, 5) is 14.3. The first-order valence-corrected chi connectivity index (χ1v) is 9.25. The maximum atomic E-state index is 12.2. The second-order valence-electron chi connectivity index (χ2n) is 5.61. The van der Waals surface area contributed by atoms with Crippen molar-refractivity contribution in [3.8, 4) is 5.75 Å². The lowest BCUT2D eigenvalue weighted by Crippen LogP contribution is -2.35. The van der Waals surface area contributed by atoms with E-state index in [-0.39, 0.29) is 11.2 Å². The molecule has 0 bridgehead atoms. The molecule has 6 heteroatoms. The molecule has 1 fully saturated rings. The number of ether oxygens (including phenoxy) is 1. The highest BCUT2D eigenvalue weighted by atomic mass is 32.2. The van der Waals surface area contributed by atoms with Crippen molar-refractivity contribution in [2.75, 3.05) is 26.7 Å². The van der Waals surface area contributed by atoms with Gasteiger partial charge in [0.2, 0.25) is 5.91 Å². The molecule has 1 aromatic carbocycles. The summed E-state index contributed by atoms with van der Waals surface area (Å²) in [5.41, 5.74) is 1.18. The third-order valence-electron chi connectivity index (χ3n) is 3.88. The third-order valence-corrected chi connectivity index (χ3v) is 5.46. The molecule has 0 aromatic heterocycles. The predicted molar refractivity (Wildman–Crippen MR) is 100 cm³/mol. The third kappa shape index (κ3) is 5.70. The molecule has 1 atom stereocenters. The van der Waals surface area contributed by atoms with Crippen molar-refractivity contribution in [2.45, 2.75) is 31.4 Å². The lowest BCUT2D eigenvalue weighted by molar-refractivity contribution is -0.120. The summed E-state index contributed by atoms with van der Waals surface area (Å²) in [6.45, 7) is 4.59. The van der Waals surface area contributed by atoms with Gasteiger partial charge in [0, 0.05) is 19.6 Å². The average Bonchev–Trinajstić information content (AvgIpc) is 3.10. The van der Waals surface area contributed by atoms with Crippen LogP contribution in [-0.2, 0) is 11.2 Å². The first-order valence-electron chi connectivity index (χ1n) is 7.96. The van der Waals surface area contributed by atoms with Crippen LogP contribution in [0.25, 0.3) is 0 Å². The van der Waals surface area contributed by atoms with E-state index in [1.165, 1.54) is 30.2 Å². The molecule has 1 saturated heterocycles. The molecule has 0 spiro atoms. The summed E-state index contributed by atoms with van der Waals surface area (Å²) in [6.07, 6.45) is 3.20. The van der Waals surface area contributed by atoms with Gasteiger partial charge in [-0.3, -0.25) is 4.79 Å². The fraction of sp³-hybridized carbons (Fsp3) is 0.529. The van der Waals surface area contributed by atoms with Gasteiger partial charge in [0.05, 0.1) is 12.4 Å². The van der Waals surface area contributed by atoms with Crippen LogP contribution in [0.4, 0.5) is 0 Å². The summed E-state index contributed by atoms with van der Waals surface area (Å²) in [6, 6.07) is 7.91. The summed E-state index contributed by atoms with van der Waals surface area (Å²) < 4.78 is 5.98. The average molecular weight is 353 g/mol. The lowest BCUT2D eigenvalue weighted by atomic mass is 10.1. The van der Waals surface area contributed by atoms with Crippen LogP contribution in [0.1, 0.15) is 25.3 Å². The molecule has 1 N–H and O–H groups in total. The Kier molecular flexibility index (Phi) is 7.17. The van der Waals surface area contributed by atoms with E-state index in [2.05, 4.69) is 10.2 Å². The maximum absolute atomic E-state index is 12.2. The molecule has 0 aliphatic carbocycles. The van der Waals surface area contributed by atoms with Crippen molar-refractivity contribution in [1.29, 1.82) is 0 Å². The molecule has 0 saturated carbocycles. The molecule has 1 aliphatic heterocycles. The van der Waals surface area contributed by atoms with Gasteiger partial charge in [-0.2, -0.15) is 0 Å². The minimum atomic E-state index is -0.154. The standard InChI is InChI=1S/C17H24N2O2S2/c1-13(23-17(22)19-11-3-4-12-19)16(20)18-10-9-14-5-7-15(21-2)8-6-14/h5-8,13H,3-4,9-12H2,1-2H3,(H,18,20). The molecule has 1 aromatic rings. The molecule has 2 rings (SSSR count). The van der Waals surface area contributed by atoms with Crippen molar-refractivity contribution < 1.29 is 9.53 Å². The highest BCUT2D eigenvalue weighted by Crippen LogP contribution is 2.20. The van der Waals surface area contributed by atoms with Crippen LogP contribution in [0.15, 0.2) is 24.3 Å². The van der Waals surface area contributed by atoms with E-state index in [4.69, 9.17) is 17.0 Å². The molecular weight excluding hydrogens is 328 g/mol. The van der Waals surface area contributed by atoms with Gasteiger partial charge in [0.1, 0.15) is 10.1 Å². The Hall–Kier alpha value is -1.27. The molecule has 126 valence electrons. The number of carbonyl (C=O) groups is 1. The molecule has 1 heterocycles. The Morgan fingerprint density at radius 3 is 2.61 bits per heavy atom. The summed E-state index contributed by atoms with van der Waals surface area (Å²) in [5.74, 6) is 0.892. The number of nitrogens with zero attached hydrogens (tertiary/aromatic N) is 1. The van der Waals surface area contributed by atoms with Gasteiger partial charge >= 0.3 is 0 Å². The lowest BCUT2D eigenvalue weighted by Gasteiger charge is -2.20. The predicted octanol–water partition coefficient (Wildman–Crippen LogP) is 2.86. The van der Waals surface area contributed by atoms with E-state index in [1.54, 1.807) is 7.11 Å². The molecule has 1 unspecified atom stereocenters. The minimum absolute atomic E-state index is 0.0464. The molecule has 4 nitrogen and oxygen atoms in total. The van der Waals surface area contributed by atoms with Gasteiger partial charge in [0.25, 0.3) is 0 Å². The van der Waals surface area contributed by atoms with E-state index >= 15 is 0 Å². The number of hydrogen-bond acceptors (Lipinski definition) is 4. The molecule has 0 radical (unpaired) electrons. The van der Waals surface area contributed by atoms with Crippen LogP contribution in [0.5, 0.6) is 5.75 Å². The van der Waals surface area contributed by atoms with E-state index in [0.29, 0.717) is 6.54 Å². The van der Waals surface area contributed by atoms with Crippen molar-refractivity contribution >= 4 is 34.2 Å². The van der Waals surface area contributed by atoms with E-state index in [1.807, 2.05) is 31.2 Å². The highest BCUT2D eigenvalue weighted by Gasteiger charge is 2.20. The van der Waals surface area contributed by atoms with Crippen LogP contribution in [0, 0.1) is 0 Å². The van der Waals surface area contributed by atoms with E-state index in [9.17, 15) is 4.79 Å².